The van der Waals surface area contributed by atoms with Gasteiger partial charge in [0.1, 0.15) is 0 Å². The molecule has 0 spiro atoms. The molecule has 1 aromatic heterocycles. The summed E-state index contributed by atoms with van der Waals surface area (Å²) < 4.78 is 5.36. The molecule has 0 aliphatic heterocycles. The molecule has 1 aromatic carbocycles. The van der Waals surface area contributed by atoms with Crippen LogP contribution in [0.1, 0.15) is 5.56 Å². The van der Waals surface area contributed by atoms with Crippen LogP contribution in [0.3, 0.4) is 0 Å². The maximum Gasteiger partial charge on any atom is 0.0595 e. The van der Waals surface area contributed by atoms with Gasteiger partial charge in [0.25, 0.3) is 0 Å². The first kappa shape index (κ1) is 8.94. The number of halogens is 1. The second-order valence-corrected chi connectivity index (χ2v) is 4.08. The van der Waals surface area contributed by atoms with Crippen molar-refractivity contribution in [2.75, 3.05) is 7.05 Å². The van der Waals surface area contributed by atoms with Gasteiger partial charge >= 0.3 is 0 Å². The molecule has 2 nitrogen and oxygen atoms in total. The highest BCUT2D eigenvalue weighted by atomic mass is 35.5. The van der Waals surface area contributed by atoms with E-state index in [0.29, 0.717) is 0 Å². The van der Waals surface area contributed by atoms with Crippen LogP contribution >= 0.6 is 23.1 Å². The molecule has 0 saturated heterocycles. The van der Waals surface area contributed by atoms with Gasteiger partial charge in [-0.1, -0.05) is 11.6 Å². The fraction of sp³-hybridized carbons (Fsp3) is 0.222. The zero-order valence-electron chi connectivity index (χ0n) is 7.17. The number of nitrogens with zero attached hydrogens (tertiary/aromatic N) is 1. The van der Waals surface area contributed by atoms with Crippen molar-refractivity contribution in [1.29, 1.82) is 0 Å². The lowest BCUT2D eigenvalue weighted by molar-refractivity contribution is 0.825. The Kier molecular flexibility index (Phi) is 2.49. The molecular formula is C9H9ClN2S. The van der Waals surface area contributed by atoms with E-state index in [9.17, 15) is 0 Å². The summed E-state index contributed by atoms with van der Waals surface area (Å²) in [6, 6.07) is 3.93. The predicted molar refractivity (Wildman–Crippen MR) is 57.4 cm³/mol. The van der Waals surface area contributed by atoms with Crippen LogP contribution < -0.4 is 5.32 Å². The Labute approximate surface area is 85.7 Å². The molecule has 0 amide bonds. The van der Waals surface area contributed by atoms with Crippen molar-refractivity contribution in [2.24, 2.45) is 0 Å². The molecular weight excluding hydrogens is 204 g/mol. The summed E-state index contributed by atoms with van der Waals surface area (Å²) in [6.45, 7) is 0.833. The molecule has 4 heteroatoms. The summed E-state index contributed by atoms with van der Waals surface area (Å²) in [5.41, 5.74) is 1.22. The van der Waals surface area contributed by atoms with Crippen molar-refractivity contribution < 1.29 is 0 Å². The summed E-state index contributed by atoms with van der Waals surface area (Å²) >= 11 is 7.48. The van der Waals surface area contributed by atoms with Gasteiger partial charge in [0, 0.05) is 23.2 Å². The molecule has 2 rings (SSSR count). The summed E-state index contributed by atoms with van der Waals surface area (Å²) in [5.74, 6) is 0. The fourth-order valence-corrected chi connectivity index (χ4v) is 2.32. The normalized spacial score (nSPS) is 10.9. The molecule has 0 atom stereocenters. The number of rotatable bonds is 2. The van der Waals surface area contributed by atoms with E-state index in [4.69, 9.17) is 11.6 Å². The van der Waals surface area contributed by atoms with Gasteiger partial charge < -0.3 is 5.32 Å². The van der Waals surface area contributed by atoms with Crippen LogP contribution in [0.4, 0.5) is 0 Å². The van der Waals surface area contributed by atoms with E-state index in [2.05, 4.69) is 9.69 Å². The minimum absolute atomic E-state index is 0.776. The lowest BCUT2D eigenvalue weighted by Crippen LogP contribution is -2.04. The number of hydrogen-bond donors (Lipinski definition) is 1. The third-order valence-electron chi connectivity index (χ3n) is 1.86. The number of aromatic nitrogens is 1. The Morgan fingerprint density at radius 3 is 3.15 bits per heavy atom. The van der Waals surface area contributed by atoms with Crippen LogP contribution in [0.15, 0.2) is 18.3 Å². The molecule has 1 heterocycles. The average molecular weight is 213 g/mol. The van der Waals surface area contributed by atoms with Gasteiger partial charge in [0.05, 0.1) is 4.70 Å². The molecule has 2 aromatic rings. The summed E-state index contributed by atoms with van der Waals surface area (Å²) in [6.07, 6.45) is 1.85. The molecule has 0 radical (unpaired) electrons. The zero-order chi connectivity index (χ0) is 9.26. The van der Waals surface area contributed by atoms with Gasteiger partial charge in [-0.05, 0) is 36.3 Å². The first-order valence-electron chi connectivity index (χ1n) is 3.98. The van der Waals surface area contributed by atoms with Crippen LogP contribution in [-0.4, -0.2) is 11.4 Å². The molecule has 13 heavy (non-hydrogen) atoms. The van der Waals surface area contributed by atoms with Gasteiger partial charge in [0.15, 0.2) is 0 Å². The minimum atomic E-state index is 0.776. The van der Waals surface area contributed by atoms with E-state index < -0.39 is 0 Å². The van der Waals surface area contributed by atoms with Crippen LogP contribution in [0.25, 0.3) is 10.1 Å². The smallest absolute Gasteiger partial charge is 0.0595 e. The van der Waals surface area contributed by atoms with Gasteiger partial charge in [-0.2, -0.15) is 4.37 Å². The molecule has 68 valence electrons. The van der Waals surface area contributed by atoms with E-state index in [0.717, 1.165) is 17.0 Å². The highest BCUT2D eigenvalue weighted by Crippen LogP contribution is 2.26. The lowest BCUT2D eigenvalue weighted by Gasteiger charge is -2.01. The van der Waals surface area contributed by atoms with E-state index in [1.165, 1.54) is 21.8 Å². The Morgan fingerprint density at radius 2 is 2.38 bits per heavy atom. The van der Waals surface area contributed by atoms with Crippen LogP contribution in [0, 0.1) is 0 Å². The maximum atomic E-state index is 5.97. The quantitative estimate of drug-likeness (QED) is 0.828. The highest BCUT2D eigenvalue weighted by Gasteiger charge is 2.04. The van der Waals surface area contributed by atoms with Gasteiger partial charge in [-0.3, -0.25) is 0 Å². The van der Waals surface area contributed by atoms with Crippen molar-refractivity contribution in [2.45, 2.75) is 6.54 Å². The van der Waals surface area contributed by atoms with Crippen molar-refractivity contribution in [3.8, 4) is 0 Å². The standard InChI is InChI=1S/C9H9ClN2S/c1-11-4-6-2-8(10)3-7-5-12-13-9(6)7/h2-3,5,11H,4H2,1H3. The van der Waals surface area contributed by atoms with Crippen molar-refractivity contribution in [3.63, 3.8) is 0 Å². The Balaban J connectivity index is 2.63. The third kappa shape index (κ3) is 1.68. The maximum absolute atomic E-state index is 5.97. The minimum Gasteiger partial charge on any atom is -0.316 e. The van der Waals surface area contributed by atoms with E-state index >= 15 is 0 Å². The molecule has 0 aliphatic rings. The van der Waals surface area contributed by atoms with E-state index in [1.54, 1.807) is 0 Å². The number of fused-ring (bicyclic) bond motifs is 1. The van der Waals surface area contributed by atoms with Crippen LogP contribution in [0.5, 0.6) is 0 Å². The molecule has 0 saturated carbocycles. The van der Waals surface area contributed by atoms with Crippen LogP contribution in [0.2, 0.25) is 5.02 Å². The number of benzene rings is 1. The highest BCUT2D eigenvalue weighted by molar-refractivity contribution is 7.13. The summed E-state index contributed by atoms with van der Waals surface area (Å²) in [7, 11) is 1.92. The van der Waals surface area contributed by atoms with Crippen molar-refractivity contribution in [1.82, 2.24) is 9.69 Å². The Hall–Kier alpha value is -0.640. The first-order valence-corrected chi connectivity index (χ1v) is 5.14. The van der Waals surface area contributed by atoms with Crippen LogP contribution in [-0.2, 0) is 6.54 Å². The van der Waals surface area contributed by atoms with E-state index in [1.807, 2.05) is 25.4 Å². The zero-order valence-corrected chi connectivity index (χ0v) is 8.75. The van der Waals surface area contributed by atoms with E-state index in [-0.39, 0.29) is 0 Å². The van der Waals surface area contributed by atoms with Crippen molar-refractivity contribution in [3.05, 3.63) is 28.9 Å². The van der Waals surface area contributed by atoms with Gasteiger partial charge in [-0.15, -0.1) is 0 Å². The summed E-state index contributed by atoms with van der Waals surface area (Å²) in [4.78, 5) is 0. The van der Waals surface area contributed by atoms with Gasteiger partial charge in [-0.25, -0.2) is 0 Å². The topological polar surface area (TPSA) is 24.9 Å². The Morgan fingerprint density at radius 1 is 1.54 bits per heavy atom. The Bertz CT molecular complexity index is 424. The average Bonchev–Trinajstić information content (AvgIpc) is 2.52. The first-order chi connectivity index (χ1) is 6.31. The molecule has 1 N–H and O–H groups in total. The molecule has 0 aliphatic carbocycles. The second-order valence-electron chi connectivity index (χ2n) is 2.84. The fourth-order valence-electron chi connectivity index (χ4n) is 1.34. The molecule has 0 fully saturated rings. The van der Waals surface area contributed by atoms with Gasteiger partial charge in [0.2, 0.25) is 0 Å². The second kappa shape index (κ2) is 3.62. The molecule has 0 unspecified atom stereocenters. The van der Waals surface area contributed by atoms with Crippen molar-refractivity contribution >= 4 is 33.2 Å². The third-order valence-corrected chi connectivity index (χ3v) is 2.97. The number of nitrogens with one attached hydrogen (secondary N) is 1. The SMILES string of the molecule is CNCc1cc(Cl)cc2cnsc12. The number of hydrogen-bond acceptors (Lipinski definition) is 3. The largest absolute Gasteiger partial charge is 0.316 e. The summed E-state index contributed by atoms with van der Waals surface area (Å²) in [5, 5.41) is 5.02. The molecule has 0 bridgehead atoms. The monoisotopic (exact) mass is 212 g/mol. The predicted octanol–water partition coefficient (Wildman–Crippen LogP) is 2.67. The lowest BCUT2D eigenvalue weighted by atomic mass is 10.2.